The number of ether oxygens (including phenoxy) is 2. The van der Waals surface area contributed by atoms with Crippen molar-refractivity contribution in [3.05, 3.63) is 137 Å². The third-order valence-electron chi connectivity index (χ3n) is 8.10. The van der Waals surface area contributed by atoms with Crippen molar-refractivity contribution in [3.63, 3.8) is 0 Å². The second kappa shape index (κ2) is 17.2. The SMILES string of the molecule is Cc1ccc(S(=O)(=O)N[C@H](Cc2ccccc2)C(=O)NCc2ccc([C@H]3O[C@@H](CSCCO)C[C@@H](c4ccc(CO)cc4)O3)cc2)cc1. The summed E-state index contributed by atoms with van der Waals surface area (Å²) in [4.78, 5) is 13.5. The number of hydrogen-bond donors (Lipinski definition) is 4. The summed E-state index contributed by atoms with van der Waals surface area (Å²) in [6.45, 7) is 2.15. The fourth-order valence-electron chi connectivity index (χ4n) is 5.42. The van der Waals surface area contributed by atoms with Gasteiger partial charge in [0.25, 0.3) is 0 Å². The lowest BCUT2D eigenvalue weighted by molar-refractivity contribution is -0.245. The van der Waals surface area contributed by atoms with E-state index in [0.717, 1.165) is 33.4 Å². The Kier molecular flexibility index (Phi) is 12.8. The molecule has 1 saturated heterocycles. The predicted octanol–water partition coefficient (Wildman–Crippen LogP) is 4.96. The molecule has 1 aliphatic rings. The molecule has 4 aromatic carbocycles. The van der Waals surface area contributed by atoms with Crippen LogP contribution in [0.25, 0.3) is 0 Å². The highest BCUT2D eigenvalue weighted by Crippen LogP contribution is 2.38. The van der Waals surface area contributed by atoms with Gasteiger partial charge in [0.05, 0.1) is 30.3 Å². The molecule has 0 radical (unpaired) electrons. The normalized spacial score (nSPS) is 18.7. The number of aliphatic hydroxyl groups is 2. The number of sulfonamides is 1. The number of carbonyl (C=O) groups is 1. The molecule has 4 aromatic rings. The molecule has 0 bridgehead atoms. The summed E-state index contributed by atoms with van der Waals surface area (Å²) in [6.07, 6.45) is -0.0622. The van der Waals surface area contributed by atoms with Crippen LogP contribution in [0.1, 0.15) is 52.2 Å². The lowest BCUT2D eigenvalue weighted by Gasteiger charge is -2.36. The molecular formula is C37H42N2O7S2. The lowest BCUT2D eigenvalue weighted by atomic mass is 10.0. The Morgan fingerprint density at radius 3 is 2.19 bits per heavy atom. The molecule has 1 aliphatic heterocycles. The van der Waals surface area contributed by atoms with Gasteiger partial charge in [-0.15, -0.1) is 0 Å². The standard InChI is InChI=1S/C37H42N2O7S2/c1-26-7-17-33(18-8-26)48(43,44)39-34(21-27-5-3-2-4-6-27)36(42)38-23-28-9-15-31(16-10-28)37-45-32(25-47-20-19-40)22-35(46-37)30-13-11-29(24-41)12-14-30/h2-18,32,34-35,37,39-41H,19-25H2,1H3,(H,38,42)/t32-,34-,35+,37+/m1/s1. The molecule has 254 valence electrons. The highest BCUT2D eigenvalue weighted by atomic mass is 32.2. The first kappa shape index (κ1) is 35.7. The minimum absolute atomic E-state index is 0.0263. The number of aliphatic hydroxyl groups excluding tert-OH is 2. The number of carbonyl (C=O) groups excluding carboxylic acids is 1. The van der Waals surface area contributed by atoms with Gasteiger partial charge in [0.2, 0.25) is 15.9 Å². The number of amides is 1. The highest BCUT2D eigenvalue weighted by Gasteiger charge is 2.32. The van der Waals surface area contributed by atoms with E-state index in [2.05, 4.69) is 10.0 Å². The Labute approximate surface area is 286 Å². The zero-order valence-corrected chi connectivity index (χ0v) is 28.5. The Balaban J connectivity index is 1.26. The van der Waals surface area contributed by atoms with Crippen LogP contribution < -0.4 is 10.0 Å². The summed E-state index contributed by atoms with van der Waals surface area (Å²) in [5, 5.41) is 21.6. The second-order valence-electron chi connectivity index (χ2n) is 11.8. The van der Waals surface area contributed by atoms with Crippen molar-refractivity contribution in [1.82, 2.24) is 10.0 Å². The van der Waals surface area contributed by atoms with Gasteiger partial charge in [0.1, 0.15) is 6.04 Å². The van der Waals surface area contributed by atoms with E-state index in [-0.39, 0.29) is 43.3 Å². The molecule has 1 fully saturated rings. The summed E-state index contributed by atoms with van der Waals surface area (Å²) < 4.78 is 41.8. The van der Waals surface area contributed by atoms with E-state index in [1.807, 2.05) is 85.8 Å². The van der Waals surface area contributed by atoms with E-state index in [9.17, 15) is 23.4 Å². The molecule has 4 N–H and O–H groups in total. The van der Waals surface area contributed by atoms with E-state index >= 15 is 0 Å². The Hall–Kier alpha value is -3.55. The van der Waals surface area contributed by atoms with Crippen molar-refractivity contribution in [3.8, 4) is 0 Å². The van der Waals surface area contributed by atoms with E-state index in [4.69, 9.17) is 9.47 Å². The molecule has 9 nitrogen and oxygen atoms in total. The molecule has 0 aromatic heterocycles. The Morgan fingerprint density at radius 2 is 1.52 bits per heavy atom. The largest absolute Gasteiger partial charge is 0.396 e. The average Bonchev–Trinajstić information content (AvgIpc) is 3.11. The van der Waals surface area contributed by atoms with Crippen molar-refractivity contribution in [1.29, 1.82) is 0 Å². The number of aryl methyl sites for hydroxylation is 1. The van der Waals surface area contributed by atoms with Gasteiger partial charge >= 0.3 is 0 Å². The van der Waals surface area contributed by atoms with Crippen LogP contribution in [0.15, 0.2) is 108 Å². The van der Waals surface area contributed by atoms with Crippen molar-refractivity contribution in [2.75, 3.05) is 18.1 Å². The number of hydrogen-bond acceptors (Lipinski definition) is 8. The summed E-state index contributed by atoms with van der Waals surface area (Å²) in [6, 6.07) is 30.1. The topological polar surface area (TPSA) is 134 Å². The number of nitrogens with one attached hydrogen (secondary N) is 2. The van der Waals surface area contributed by atoms with Gasteiger partial charge in [0, 0.05) is 30.0 Å². The van der Waals surface area contributed by atoms with Crippen LogP contribution in [-0.2, 0) is 43.9 Å². The van der Waals surface area contributed by atoms with Crippen LogP contribution in [0.2, 0.25) is 0 Å². The first-order valence-electron chi connectivity index (χ1n) is 15.9. The Morgan fingerprint density at radius 1 is 0.854 bits per heavy atom. The van der Waals surface area contributed by atoms with Crippen LogP contribution in [-0.4, -0.2) is 54.8 Å². The van der Waals surface area contributed by atoms with Crippen LogP contribution in [0, 0.1) is 6.92 Å². The quantitative estimate of drug-likeness (QED) is 0.129. The van der Waals surface area contributed by atoms with E-state index < -0.39 is 28.3 Å². The summed E-state index contributed by atoms with van der Waals surface area (Å²) >= 11 is 1.63. The van der Waals surface area contributed by atoms with Gasteiger partial charge in [-0.1, -0.05) is 96.6 Å². The number of rotatable bonds is 15. The van der Waals surface area contributed by atoms with Crippen molar-refractivity contribution in [2.24, 2.45) is 0 Å². The maximum atomic E-state index is 13.4. The van der Waals surface area contributed by atoms with Gasteiger partial charge in [0.15, 0.2) is 6.29 Å². The molecule has 4 atom stereocenters. The molecule has 0 unspecified atom stereocenters. The summed E-state index contributed by atoms with van der Waals surface area (Å²) in [5.41, 5.74) is 5.25. The first-order chi connectivity index (χ1) is 23.2. The van der Waals surface area contributed by atoms with E-state index in [1.54, 1.807) is 23.9 Å². The van der Waals surface area contributed by atoms with Crippen LogP contribution in [0.5, 0.6) is 0 Å². The summed E-state index contributed by atoms with van der Waals surface area (Å²) in [7, 11) is -3.95. The van der Waals surface area contributed by atoms with E-state index in [1.165, 1.54) is 12.1 Å². The van der Waals surface area contributed by atoms with Crippen molar-refractivity contribution >= 4 is 27.7 Å². The van der Waals surface area contributed by atoms with Gasteiger partial charge in [-0.25, -0.2) is 8.42 Å². The van der Waals surface area contributed by atoms with Gasteiger partial charge in [-0.3, -0.25) is 4.79 Å². The van der Waals surface area contributed by atoms with E-state index in [0.29, 0.717) is 17.9 Å². The smallest absolute Gasteiger partial charge is 0.241 e. The summed E-state index contributed by atoms with van der Waals surface area (Å²) in [5.74, 6) is 0.908. The first-order valence-corrected chi connectivity index (χ1v) is 18.6. The molecule has 1 amide bonds. The molecule has 0 saturated carbocycles. The van der Waals surface area contributed by atoms with Gasteiger partial charge < -0.3 is 25.0 Å². The maximum absolute atomic E-state index is 13.4. The minimum Gasteiger partial charge on any atom is -0.396 e. The molecule has 0 aliphatic carbocycles. The lowest BCUT2D eigenvalue weighted by Crippen LogP contribution is -2.47. The van der Waals surface area contributed by atoms with Crippen LogP contribution >= 0.6 is 11.8 Å². The average molecular weight is 691 g/mol. The molecule has 5 rings (SSSR count). The zero-order chi connectivity index (χ0) is 33.9. The highest BCUT2D eigenvalue weighted by molar-refractivity contribution is 7.99. The maximum Gasteiger partial charge on any atom is 0.241 e. The second-order valence-corrected chi connectivity index (χ2v) is 14.6. The van der Waals surface area contributed by atoms with Crippen LogP contribution in [0.4, 0.5) is 0 Å². The van der Waals surface area contributed by atoms with Gasteiger partial charge in [-0.2, -0.15) is 16.5 Å². The third kappa shape index (κ3) is 9.99. The van der Waals surface area contributed by atoms with Crippen molar-refractivity contribution in [2.45, 2.75) is 62.4 Å². The Bertz CT molecular complexity index is 1700. The van der Waals surface area contributed by atoms with Gasteiger partial charge in [-0.05, 0) is 47.7 Å². The van der Waals surface area contributed by atoms with Crippen LogP contribution in [0.3, 0.4) is 0 Å². The predicted molar refractivity (Wildman–Crippen MR) is 187 cm³/mol. The molecule has 48 heavy (non-hydrogen) atoms. The molecule has 0 spiro atoms. The van der Waals surface area contributed by atoms with Crippen molar-refractivity contribution < 1.29 is 32.9 Å². The molecule has 1 heterocycles. The number of thioether (sulfide) groups is 1. The fourth-order valence-corrected chi connectivity index (χ4v) is 7.39. The molecular weight excluding hydrogens is 649 g/mol. The monoisotopic (exact) mass is 690 g/mol. The number of benzene rings is 4. The molecule has 11 heteroatoms. The third-order valence-corrected chi connectivity index (χ3v) is 10.7. The minimum atomic E-state index is -3.95. The fraction of sp³-hybridized carbons (Fsp3) is 0.324. The zero-order valence-electron chi connectivity index (χ0n) is 26.8.